The first-order valence-corrected chi connectivity index (χ1v) is 20.8. The van der Waals surface area contributed by atoms with Gasteiger partial charge in [-0.15, -0.1) is 13.2 Å². The van der Waals surface area contributed by atoms with Crippen LogP contribution in [0.1, 0.15) is 38.5 Å². The van der Waals surface area contributed by atoms with Crippen LogP contribution in [0, 0.1) is 5.92 Å². The van der Waals surface area contributed by atoms with Crippen LogP contribution in [0.3, 0.4) is 0 Å². The van der Waals surface area contributed by atoms with Gasteiger partial charge in [0.25, 0.3) is 10.1 Å². The Kier molecular flexibility index (Phi) is 12.5. The van der Waals surface area contributed by atoms with Crippen molar-refractivity contribution in [2.45, 2.75) is 54.7 Å². The van der Waals surface area contributed by atoms with Crippen molar-refractivity contribution in [1.82, 2.24) is 19.8 Å². The molecule has 2 saturated heterocycles. The Morgan fingerprint density at radius 2 is 1.44 bits per heavy atom. The lowest BCUT2D eigenvalue weighted by molar-refractivity contribution is -0.274. The van der Waals surface area contributed by atoms with Crippen LogP contribution in [-0.2, 0) is 25.0 Å². The van der Waals surface area contributed by atoms with Crippen LogP contribution < -0.4 is 19.1 Å². The van der Waals surface area contributed by atoms with E-state index >= 15 is 0 Å². The average molecular weight is 809 g/mol. The molecule has 19 heteroatoms. The number of anilines is 2. The lowest BCUT2D eigenvalue weighted by atomic mass is 10.2. The van der Waals surface area contributed by atoms with Crippen LogP contribution in [0.25, 0.3) is 11.0 Å². The number of nitrogens with one attached hydrogen (secondary N) is 2. The highest BCUT2D eigenvalue weighted by atomic mass is 32.2. The van der Waals surface area contributed by atoms with Gasteiger partial charge in [0.2, 0.25) is 11.9 Å². The second-order valence-corrected chi connectivity index (χ2v) is 16.6. The monoisotopic (exact) mass is 808 g/mol. The zero-order valence-corrected chi connectivity index (χ0v) is 31.5. The number of amides is 1. The van der Waals surface area contributed by atoms with E-state index in [1.807, 2.05) is 12.1 Å². The van der Waals surface area contributed by atoms with Gasteiger partial charge in [0.05, 0.1) is 15.9 Å². The van der Waals surface area contributed by atoms with Crippen molar-refractivity contribution in [3.05, 3.63) is 66.7 Å². The van der Waals surface area contributed by atoms with Crippen molar-refractivity contribution in [1.29, 1.82) is 0 Å². The molecule has 0 radical (unpaired) electrons. The number of ether oxygens (including phenoxy) is 1. The number of carbonyl (C=O) groups is 1. The van der Waals surface area contributed by atoms with E-state index in [1.165, 1.54) is 38.9 Å². The molecule has 14 nitrogen and oxygen atoms in total. The maximum atomic E-state index is 13.0. The second kappa shape index (κ2) is 17.2. The molecule has 55 heavy (non-hydrogen) atoms. The predicted molar refractivity (Wildman–Crippen MR) is 198 cm³/mol. The molecule has 0 unspecified atom stereocenters. The number of aromatic amines is 1. The Morgan fingerprint density at radius 1 is 0.818 bits per heavy atom. The minimum absolute atomic E-state index is 0.0491. The van der Waals surface area contributed by atoms with Gasteiger partial charge in [-0.05, 0) is 132 Å². The van der Waals surface area contributed by atoms with Crippen molar-refractivity contribution >= 4 is 48.8 Å². The fraction of sp³-hybridized carbons (Fsp3) is 0.444. The minimum Gasteiger partial charge on any atom is -0.406 e. The number of fused-ring (bicyclic) bond motifs is 1. The van der Waals surface area contributed by atoms with Gasteiger partial charge in [-0.2, -0.15) is 16.8 Å². The molecule has 3 N–H and O–H groups in total. The Bertz CT molecular complexity index is 2140. The Balaban J connectivity index is 0.000000289. The molecule has 1 saturated carbocycles. The predicted octanol–water partition coefficient (Wildman–Crippen LogP) is 5.51. The molecule has 1 amide bonds. The number of hydrogen-bond donors (Lipinski definition) is 3. The molecule has 7 rings (SSSR count). The molecule has 298 valence electrons. The smallest absolute Gasteiger partial charge is 0.406 e. The number of H-pyrrole nitrogens is 1. The first-order chi connectivity index (χ1) is 26.1. The first-order valence-electron chi connectivity index (χ1n) is 18.0. The summed E-state index contributed by atoms with van der Waals surface area (Å²) in [5.74, 6) is -0.0205. The zero-order chi connectivity index (χ0) is 39.2. The van der Waals surface area contributed by atoms with Gasteiger partial charge in [-0.1, -0.05) is 0 Å². The van der Waals surface area contributed by atoms with Crippen LogP contribution in [0.4, 0.5) is 24.8 Å². The number of likely N-dealkylation sites (tertiary alicyclic amines) is 1. The van der Waals surface area contributed by atoms with Crippen molar-refractivity contribution < 1.29 is 48.3 Å². The van der Waals surface area contributed by atoms with Crippen molar-refractivity contribution in [2.24, 2.45) is 5.92 Å². The van der Waals surface area contributed by atoms with Crippen molar-refractivity contribution in [3.63, 3.8) is 0 Å². The summed E-state index contributed by atoms with van der Waals surface area (Å²) in [6.45, 7) is 8.86. The standard InChI is InChI=1S/C29H38N6O4S.C7H5F3O4S/c36-28(22-5-6-22)32-29-30-26-12-9-24(21-27(26)31-29)39-40(37,38)25-10-7-23(8-11-25)35-18-4-17-34(19-20-35)16-3-15-33-13-1-2-14-33;8-7(9,10)14-5-1-3-6(4-2-5)15(11,12)13/h7-12,21-22H,1-6,13-20H2,(H2,30,31,32,36);1-4H,(H,11,12,13). The number of alkyl halides is 3. The van der Waals surface area contributed by atoms with E-state index in [9.17, 15) is 34.8 Å². The number of hydrogen-bond acceptors (Lipinski definition) is 11. The van der Waals surface area contributed by atoms with E-state index in [0.717, 1.165) is 81.9 Å². The molecule has 3 heterocycles. The average Bonchev–Trinajstić information content (AvgIpc) is 3.79. The lowest BCUT2D eigenvalue weighted by Crippen LogP contribution is -2.33. The van der Waals surface area contributed by atoms with E-state index in [4.69, 9.17) is 8.74 Å². The maximum Gasteiger partial charge on any atom is 0.573 e. The fourth-order valence-electron chi connectivity index (χ4n) is 6.45. The molecule has 4 aromatic rings. The number of nitrogens with zero attached hydrogens (tertiary/aromatic N) is 4. The van der Waals surface area contributed by atoms with Gasteiger partial charge in [-0.25, -0.2) is 4.98 Å². The molecule has 1 aliphatic carbocycles. The highest BCUT2D eigenvalue weighted by Gasteiger charge is 2.31. The molecule has 3 aliphatic rings. The Hall–Kier alpha value is -4.43. The SMILES string of the molecule is O=C(Nc1nc2ccc(OS(=O)(=O)c3ccc(N4CCCN(CCCN5CCCC5)CC4)cc3)cc2[nH]1)C1CC1.O=S(=O)(O)c1ccc(OC(F)(F)F)cc1. The molecular weight excluding hydrogens is 766 g/mol. The summed E-state index contributed by atoms with van der Waals surface area (Å²) in [6.07, 6.45) is 1.97. The van der Waals surface area contributed by atoms with Crippen LogP contribution >= 0.6 is 0 Å². The van der Waals surface area contributed by atoms with Crippen LogP contribution in [0.2, 0.25) is 0 Å². The zero-order valence-electron chi connectivity index (χ0n) is 29.9. The molecule has 0 spiro atoms. The number of halogens is 3. The molecule has 2 aliphatic heterocycles. The Labute approximate surface area is 317 Å². The molecule has 1 aromatic heterocycles. The summed E-state index contributed by atoms with van der Waals surface area (Å²) in [6, 6.07) is 15.0. The van der Waals surface area contributed by atoms with Crippen molar-refractivity contribution in [2.75, 3.05) is 62.6 Å². The molecule has 3 fully saturated rings. The summed E-state index contributed by atoms with van der Waals surface area (Å²) in [7, 11) is -8.41. The fourth-order valence-corrected chi connectivity index (χ4v) is 7.86. The number of imidazole rings is 1. The summed E-state index contributed by atoms with van der Waals surface area (Å²) >= 11 is 0. The van der Waals surface area contributed by atoms with Crippen LogP contribution in [-0.4, -0.2) is 106 Å². The van der Waals surface area contributed by atoms with E-state index in [1.54, 1.807) is 30.3 Å². The largest absolute Gasteiger partial charge is 0.573 e. The maximum absolute atomic E-state index is 13.0. The van der Waals surface area contributed by atoms with Crippen LogP contribution in [0.5, 0.6) is 11.5 Å². The normalized spacial score (nSPS) is 17.3. The van der Waals surface area contributed by atoms with Gasteiger partial charge < -0.3 is 28.6 Å². The van der Waals surface area contributed by atoms with Gasteiger partial charge in [0.1, 0.15) is 16.4 Å². The van der Waals surface area contributed by atoms with E-state index in [2.05, 4.69) is 34.7 Å². The lowest BCUT2D eigenvalue weighted by Gasteiger charge is -2.24. The molecular formula is C36H43F3N6O8S2. The summed E-state index contributed by atoms with van der Waals surface area (Å²) in [4.78, 5) is 26.5. The van der Waals surface area contributed by atoms with Gasteiger partial charge in [-0.3, -0.25) is 14.7 Å². The highest BCUT2D eigenvalue weighted by Crippen LogP contribution is 2.31. The van der Waals surface area contributed by atoms with Crippen LogP contribution in [0.15, 0.2) is 76.5 Å². The van der Waals surface area contributed by atoms with E-state index < -0.39 is 37.2 Å². The van der Waals surface area contributed by atoms with Gasteiger partial charge in [0.15, 0.2) is 0 Å². The van der Waals surface area contributed by atoms with Crippen molar-refractivity contribution in [3.8, 4) is 11.5 Å². The van der Waals surface area contributed by atoms with Gasteiger partial charge >= 0.3 is 16.5 Å². The summed E-state index contributed by atoms with van der Waals surface area (Å²) < 4.78 is 99.6. The second-order valence-electron chi connectivity index (χ2n) is 13.6. The van der Waals surface area contributed by atoms with Gasteiger partial charge in [0, 0.05) is 37.3 Å². The highest BCUT2D eigenvalue weighted by molar-refractivity contribution is 7.87. The number of rotatable bonds is 12. The molecule has 3 aromatic carbocycles. The molecule has 0 bridgehead atoms. The Morgan fingerprint density at radius 3 is 2.07 bits per heavy atom. The van der Waals surface area contributed by atoms with E-state index in [0.29, 0.717) is 17.0 Å². The summed E-state index contributed by atoms with van der Waals surface area (Å²) in [5, 5.41) is 2.77. The topological polar surface area (TPSA) is 174 Å². The summed E-state index contributed by atoms with van der Waals surface area (Å²) in [5.41, 5.74) is 2.22. The third-order valence-electron chi connectivity index (χ3n) is 9.43. The quantitative estimate of drug-likeness (QED) is 0.121. The number of aromatic nitrogens is 2. The third-order valence-corrected chi connectivity index (χ3v) is 11.6. The molecule has 0 atom stereocenters. The number of carbonyl (C=O) groups excluding carboxylic acids is 1. The third kappa shape index (κ3) is 11.8. The first kappa shape index (κ1) is 40.2. The van der Waals surface area contributed by atoms with E-state index in [-0.39, 0.29) is 22.5 Å². The minimum atomic E-state index is -4.83. The number of benzene rings is 3.